The van der Waals surface area contributed by atoms with Gasteiger partial charge in [0.2, 0.25) is 10.0 Å². The Morgan fingerprint density at radius 1 is 1.38 bits per heavy atom. The van der Waals surface area contributed by atoms with E-state index in [4.69, 9.17) is 11.6 Å². The van der Waals surface area contributed by atoms with E-state index in [1.165, 1.54) is 13.0 Å². The lowest BCUT2D eigenvalue weighted by Crippen LogP contribution is -2.53. The van der Waals surface area contributed by atoms with Crippen LogP contribution in [0.5, 0.6) is 0 Å². The first kappa shape index (κ1) is 16.0. The molecule has 0 heterocycles. The van der Waals surface area contributed by atoms with Crippen LogP contribution in [-0.2, 0) is 14.8 Å². The van der Waals surface area contributed by atoms with E-state index in [0.29, 0.717) is 23.4 Å². The van der Waals surface area contributed by atoms with Gasteiger partial charge in [0.25, 0.3) is 0 Å². The molecule has 1 aromatic rings. The number of benzene rings is 1. The van der Waals surface area contributed by atoms with Crippen molar-refractivity contribution in [3.8, 4) is 0 Å². The highest BCUT2D eigenvalue weighted by atomic mass is 35.5. The van der Waals surface area contributed by atoms with Gasteiger partial charge in [-0.15, -0.1) is 0 Å². The fourth-order valence-corrected chi connectivity index (χ4v) is 3.41. The third-order valence-corrected chi connectivity index (χ3v) is 4.96. The molecule has 0 aromatic heterocycles. The van der Waals surface area contributed by atoms with Crippen LogP contribution >= 0.6 is 11.6 Å². The predicted molar refractivity (Wildman–Crippen MR) is 81.3 cm³/mol. The molecule has 114 valence electrons. The molecule has 0 spiro atoms. The van der Waals surface area contributed by atoms with Crippen molar-refractivity contribution in [1.82, 2.24) is 4.72 Å². The molecule has 21 heavy (non-hydrogen) atoms. The SMILES string of the molecule is CC(NS(=O)(=O)/C=C/c1ccc(Cl)cc1)(C(=O)O)C1CC1. The van der Waals surface area contributed by atoms with Gasteiger partial charge in [-0.3, -0.25) is 4.79 Å². The lowest BCUT2D eigenvalue weighted by molar-refractivity contribution is -0.144. The summed E-state index contributed by atoms with van der Waals surface area (Å²) in [4.78, 5) is 11.3. The summed E-state index contributed by atoms with van der Waals surface area (Å²) in [6, 6.07) is 6.64. The number of aliphatic carboxylic acids is 1. The number of carboxylic acid groups (broad SMARTS) is 1. The molecule has 1 unspecified atom stereocenters. The third-order valence-electron chi connectivity index (χ3n) is 3.50. The number of hydrogen-bond acceptors (Lipinski definition) is 3. The smallest absolute Gasteiger partial charge is 0.324 e. The van der Waals surface area contributed by atoms with E-state index in [0.717, 1.165) is 5.41 Å². The molecule has 0 aliphatic heterocycles. The first-order valence-corrected chi connectivity index (χ1v) is 8.36. The highest BCUT2D eigenvalue weighted by Gasteiger charge is 2.49. The Balaban J connectivity index is 2.14. The molecule has 2 rings (SSSR count). The molecular formula is C14H16ClNO4S. The Labute approximate surface area is 128 Å². The lowest BCUT2D eigenvalue weighted by atomic mass is 9.98. The Hall–Kier alpha value is -1.37. The zero-order chi connectivity index (χ0) is 15.7. The van der Waals surface area contributed by atoms with Gasteiger partial charge in [-0.2, -0.15) is 4.72 Å². The van der Waals surface area contributed by atoms with Gasteiger partial charge in [0.15, 0.2) is 0 Å². The molecule has 0 saturated heterocycles. The minimum atomic E-state index is -3.84. The van der Waals surface area contributed by atoms with E-state index < -0.39 is 21.5 Å². The average molecular weight is 330 g/mol. The molecule has 2 N–H and O–H groups in total. The zero-order valence-electron chi connectivity index (χ0n) is 11.4. The second-order valence-corrected chi connectivity index (χ2v) is 7.29. The summed E-state index contributed by atoms with van der Waals surface area (Å²) >= 11 is 5.75. The van der Waals surface area contributed by atoms with Crippen LogP contribution in [0.4, 0.5) is 0 Å². The van der Waals surface area contributed by atoms with Crippen LogP contribution in [0.2, 0.25) is 5.02 Å². The van der Waals surface area contributed by atoms with Gasteiger partial charge < -0.3 is 5.11 Å². The standard InChI is InChI=1S/C14H16ClNO4S/c1-14(13(17)18,11-4-5-11)16-21(19,20)9-8-10-2-6-12(15)7-3-10/h2-3,6-9,11,16H,4-5H2,1H3,(H,17,18)/b9-8+. The largest absolute Gasteiger partial charge is 0.480 e. The Bertz CT molecular complexity index is 665. The number of carboxylic acids is 1. The lowest BCUT2D eigenvalue weighted by Gasteiger charge is -2.24. The van der Waals surface area contributed by atoms with E-state index in [2.05, 4.69) is 4.72 Å². The van der Waals surface area contributed by atoms with Crippen LogP contribution in [0.3, 0.4) is 0 Å². The summed E-state index contributed by atoms with van der Waals surface area (Å²) in [5.74, 6) is -1.32. The topological polar surface area (TPSA) is 83.5 Å². The average Bonchev–Trinajstić information content (AvgIpc) is 3.22. The van der Waals surface area contributed by atoms with Gasteiger partial charge >= 0.3 is 5.97 Å². The van der Waals surface area contributed by atoms with Crippen molar-refractivity contribution in [1.29, 1.82) is 0 Å². The van der Waals surface area contributed by atoms with Crippen molar-refractivity contribution in [2.24, 2.45) is 5.92 Å². The molecule has 5 nitrogen and oxygen atoms in total. The fraction of sp³-hybridized carbons (Fsp3) is 0.357. The van der Waals surface area contributed by atoms with Gasteiger partial charge in [0, 0.05) is 10.4 Å². The van der Waals surface area contributed by atoms with Crippen molar-refractivity contribution >= 4 is 33.7 Å². The Morgan fingerprint density at radius 3 is 2.43 bits per heavy atom. The summed E-state index contributed by atoms with van der Waals surface area (Å²) in [5, 5.41) is 10.8. The highest BCUT2D eigenvalue weighted by Crippen LogP contribution is 2.40. The molecular weight excluding hydrogens is 314 g/mol. The molecule has 0 radical (unpaired) electrons. The molecule has 1 atom stereocenters. The van der Waals surface area contributed by atoms with Gasteiger partial charge in [-0.05, 0) is 49.5 Å². The van der Waals surface area contributed by atoms with Crippen molar-refractivity contribution in [2.75, 3.05) is 0 Å². The Morgan fingerprint density at radius 2 is 1.95 bits per heavy atom. The molecule has 1 aliphatic carbocycles. The van der Waals surface area contributed by atoms with Crippen molar-refractivity contribution in [3.63, 3.8) is 0 Å². The maximum atomic E-state index is 12.0. The second kappa shape index (κ2) is 5.79. The molecule has 1 fully saturated rings. The monoisotopic (exact) mass is 329 g/mol. The maximum absolute atomic E-state index is 12.0. The molecule has 1 aromatic carbocycles. The summed E-state index contributed by atoms with van der Waals surface area (Å²) in [6.07, 6.45) is 2.83. The molecule has 7 heteroatoms. The number of halogens is 1. The molecule has 1 saturated carbocycles. The summed E-state index contributed by atoms with van der Waals surface area (Å²) in [6.45, 7) is 1.40. The maximum Gasteiger partial charge on any atom is 0.324 e. The number of rotatable bonds is 6. The van der Waals surface area contributed by atoms with Crippen molar-refractivity contribution in [2.45, 2.75) is 25.3 Å². The predicted octanol–water partition coefficient (Wildman–Crippen LogP) is 2.48. The van der Waals surface area contributed by atoms with Crippen molar-refractivity contribution in [3.05, 3.63) is 40.3 Å². The van der Waals surface area contributed by atoms with E-state index in [-0.39, 0.29) is 5.92 Å². The van der Waals surface area contributed by atoms with Crippen LogP contribution in [0.1, 0.15) is 25.3 Å². The van der Waals surface area contributed by atoms with Crippen LogP contribution in [0.15, 0.2) is 29.7 Å². The van der Waals surface area contributed by atoms with Gasteiger partial charge in [-0.1, -0.05) is 23.7 Å². The summed E-state index contributed by atoms with van der Waals surface area (Å²) < 4.78 is 26.3. The van der Waals surface area contributed by atoms with Gasteiger partial charge in [0.1, 0.15) is 5.54 Å². The molecule has 0 amide bonds. The first-order valence-electron chi connectivity index (χ1n) is 6.44. The van der Waals surface area contributed by atoms with E-state index >= 15 is 0 Å². The summed E-state index contributed by atoms with van der Waals surface area (Å²) in [7, 11) is -3.84. The molecule has 0 bridgehead atoms. The minimum Gasteiger partial charge on any atom is -0.480 e. The second-order valence-electron chi connectivity index (χ2n) is 5.28. The van der Waals surface area contributed by atoms with E-state index in [1.807, 2.05) is 0 Å². The van der Waals surface area contributed by atoms with Gasteiger partial charge in [0.05, 0.1) is 0 Å². The van der Waals surface area contributed by atoms with Crippen LogP contribution in [0, 0.1) is 5.92 Å². The van der Waals surface area contributed by atoms with Crippen LogP contribution in [-0.4, -0.2) is 25.0 Å². The van der Waals surface area contributed by atoms with Crippen LogP contribution < -0.4 is 4.72 Å². The highest BCUT2D eigenvalue weighted by molar-refractivity contribution is 7.92. The summed E-state index contributed by atoms with van der Waals surface area (Å²) in [5.41, 5.74) is -0.795. The number of hydrogen-bond donors (Lipinski definition) is 2. The zero-order valence-corrected chi connectivity index (χ0v) is 13.0. The number of nitrogens with one attached hydrogen (secondary N) is 1. The number of carbonyl (C=O) groups is 1. The normalized spacial score (nSPS) is 18.6. The van der Waals surface area contributed by atoms with Gasteiger partial charge in [-0.25, -0.2) is 8.42 Å². The quantitative estimate of drug-likeness (QED) is 0.839. The number of sulfonamides is 1. The fourth-order valence-electron chi connectivity index (χ4n) is 2.03. The van der Waals surface area contributed by atoms with Crippen LogP contribution in [0.25, 0.3) is 6.08 Å². The minimum absolute atomic E-state index is 0.159. The van der Waals surface area contributed by atoms with E-state index in [9.17, 15) is 18.3 Å². The molecule has 1 aliphatic rings. The Kier molecular flexibility index (Phi) is 4.41. The van der Waals surface area contributed by atoms with Crippen molar-refractivity contribution < 1.29 is 18.3 Å². The van der Waals surface area contributed by atoms with E-state index in [1.54, 1.807) is 24.3 Å². The first-order chi connectivity index (χ1) is 9.73. The third kappa shape index (κ3) is 4.06.